The van der Waals surface area contributed by atoms with Gasteiger partial charge in [-0.3, -0.25) is 4.57 Å². The number of para-hydroxylation sites is 3. The van der Waals surface area contributed by atoms with Gasteiger partial charge in [-0.2, -0.15) is 18.2 Å². The van der Waals surface area contributed by atoms with E-state index < -0.39 is 60.4 Å². The molecule has 13 aromatic rings. The summed E-state index contributed by atoms with van der Waals surface area (Å²) in [5.74, 6) is 1.47. The van der Waals surface area contributed by atoms with E-state index in [0.717, 1.165) is 72.1 Å². The molecule has 0 fully saturated rings. The zero-order valence-corrected chi connectivity index (χ0v) is 45.6. The van der Waals surface area contributed by atoms with Gasteiger partial charge >= 0.3 is 21.1 Å². The zero-order chi connectivity index (χ0) is 60.0. The van der Waals surface area contributed by atoms with Gasteiger partial charge in [-0.05, 0) is 108 Å². The van der Waals surface area contributed by atoms with Gasteiger partial charge in [-0.25, -0.2) is 4.98 Å². The fourth-order valence-electron chi connectivity index (χ4n) is 10.4. The summed E-state index contributed by atoms with van der Waals surface area (Å²) in [4.78, 5) is 5.04. The van der Waals surface area contributed by atoms with Crippen LogP contribution >= 0.6 is 0 Å². The summed E-state index contributed by atoms with van der Waals surface area (Å²) in [5.41, 5.74) is 12.0. The van der Waals surface area contributed by atoms with Crippen LogP contribution in [0.1, 0.15) is 45.6 Å². The SMILES string of the molecule is [2H]c1c([2H])c([2H])c(-c2cccc(-c3c([2H])c([2H])c([2H])c([2H])c3[2H])c2-[n+]2[c-]n(-c3[c-]c(Oc4[c-]c5c(cc4)c4c(-c6c(-c7ccccc7)cccc6-c6ccccc6)c(C)ccc4n5-c4cc(C(C)(C)C)ccn4)ccc3)c3ccccc32)c([2H])c1[2H].[CH3-].[Pt+4]. The quantitative estimate of drug-likeness (QED) is 0.101. The molecule has 0 bridgehead atoms. The summed E-state index contributed by atoms with van der Waals surface area (Å²) >= 11 is 0. The second-order valence-corrected chi connectivity index (χ2v) is 19.6. The summed E-state index contributed by atoms with van der Waals surface area (Å²) in [7, 11) is 0. The Labute approximate surface area is 485 Å². The van der Waals surface area contributed by atoms with Crippen LogP contribution in [0.3, 0.4) is 0 Å². The summed E-state index contributed by atoms with van der Waals surface area (Å²) in [5, 5.41) is 1.98. The Morgan fingerprint density at radius 2 is 1.14 bits per heavy atom. The van der Waals surface area contributed by atoms with Crippen molar-refractivity contribution in [1.82, 2.24) is 14.1 Å². The first-order valence-corrected chi connectivity index (χ1v) is 25.1. The van der Waals surface area contributed by atoms with Gasteiger partial charge in [0.2, 0.25) is 0 Å². The maximum Gasteiger partial charge on any atom is 4.00 e. The minimum Gasteiger partial charge on any atom is -0.510 e. The van der Waals surface area contributed by atoms with Crippen molar-refractivity contribution in [3.05, 3.63) is 280 Å². The topological polar surface area (TPSA) is 35.9 Å². The molecule has 0 aliphatic rings. The van der Waals surface area contributed by atoms with Crippen molar-refractivity contribution in [2.45, 2.75) is 33.1 Å². The zero-order valence-electron chi connectivity index (χ0n) is 53.3. The Bertz CT molecular complexity index is 4720. The molecule has 3 aromatic heterocycles. The molecule has 0 N–H and O–H groups in total. The molecule has 0 aliphatic heterocycles. The van der Waals surface area contributed by atoms with Crippen LogP contribution < -0.4 is 9.30 Å². The van der Waals surface area contributed by atoms with Gasteiger partial charge in [0.05, 0.1) is 30.4 Å². The number of hydrogen-bond donors (Lipinski definition) is 0. The Kier molecular flexibility index (Phi) is 11.0. The van der Waals surface area contributed by atoms with Crippen molar-refractivity contribution in [3.63, 3.8) is 0 Å². The van der Waals surface area contributed by atoms with E-state index in [1.165, 1.54) is 0 Å². The van der Waals surface area contributed by atoms with Gasteiger partial charge < -0.3 is 21.3 Å². The fourth-order valence-corrected chi connectivity index (χ4v) is 10.4. The smallest absolute Gasteiger partial charge is 0.510 e. The summed E-state index contributed by atoms with van der Waals surface area (Å²) in [6, 6.07) is 59.5. The van der Waals surface area contributed by atoms with E-state index in [0.29, 0.717) is 28.2 Å². The standard InChI is InChI=1S/C71H52N4O.CH3.Pt/c1-48-38-41-64-69(67(48)68-57(49-22-9-5-10-23-49)32-20-33-58(68)50-24-11-6-12-25-50)61-40-39-56(46-65(61)75(64)66-44-53(42-43-72-66)71(2,3)4)76-55-31-19-30-54(45-55)73-47-74(63-37-18-17-36-62(63)73)70-59(51-26-13-7-14-27-51)34-21-35-60(70)52-28-15-8-16-29-52;;/h5-44H,1-4H3;1H3;/q-2;-1;+4/i7D,8D,13D,14D,15D,16D,26D,27D,28D,29D;;. The monoisotopic (exact) mass is 1200 g/mol. The number of hydrogen-bond acceptors (Lipinski definition) is 2. The van der Waals surface area contributed by atoms with E-state index in [1.807, 2.05) is 60.8 Å². The molecule has 0 aliphatic carbocycles. The molecule has 6 heteroatoms. The molecule has 3 heterocycles. The maximum absolute atomic E-state index is 9.11. The Morgan fingerprint density at radius 1 is 0.551 bits per heavy atom. The van der Waals surface area contributed by atoms with Gasteiger partial charge in [0.15, 0.2) is 0 Å². The number of pyridine rings is 1. The normalized spacial score (nSPS) is 13.2. The maximum atomic E-state index is 9.11. The van der Waals surface area contributed by atoms with Gasteiger partial charge in [-0.15, -0.1) is 29.7 Å². The minimum atomic E-state index is -0.578. The van der Waals surface area contributed by atoms with Crippen molar-refractivity contribution in [1.29, 1.82) is 0 Å². The van der Waals surface area contributed by atoms with Gasteiger partial charge in [-0.1, -0.05) is 214 Å². The Morgan fingerprint density at radius 3 is 1.78 bits per heavy atom. The molecule has 0 amide bonds. The van der Waals surface area contributed by atoms with Crippen LogP contribution in [-0.4, -0.2) is 14.1 Å². The van der Waals surface area contributed by atoms with Gasteiger partial charge in [0, 0.05) is 23.2 Å². The van der Waals surface area contributed by atoms with Gasteiger partial charge in [0.1, 0.15) is 5.82 Å². The first-order chi connectivity index (χ1) is 41.4. The summed E-state index contributed by atoms with van der Waals surface area (Å²) in [6.07, 6.45) is 5.31. The van der Waals surface area contributed by atoms with Gasteiger partial charge in [0.25, 0.3) is 6.33 Å². The molecule has 0 unspecified atom stereocenters. The first kappa shape index (κ1) is 40.4. The molecule has 0 spiro atoms. The molecule has 0 radical (unpaired) electrons. The molecule has 0 atom stereocenters. The second-order valence-electron chi connectivity index (χ2n) is 19.6. The average Bonchev–Trinajstić information content (AvgIpc) is 1.60. The number of fused-ring (bicyclic) bond motifs is 4. The van der Waals surface area contributed by atoms with Crippen LogP contribution in [0.2, 0.25) is 0 Å². The van der Waals surface area contributed by atoms with E-state index in [4.69, 9.17) is 23.4 Å². The fraction of sp³-hybridized carbons (Fsp3) is 0.0694. The predicted octanol–water partition coefficient (Wildman–Crippen LogP) is 18.0. The molecule has 13 rings (SSSR count). The largest absolute Gasteiger partial charge is 4.00 e. The third-order valence-electron chi connectivity index (χ3n) is 13.9. The van der Waals surface area contributed by atoms with Crippen molar-refractivity contribution in [3.8, 4) is 84.3 Å². The van der Waals surface area contributed by atoms with E-state index in [9.17, 15) is 0 Å². The van der Waals surface area contributed by atoms with Crippen LogP contribution in [0.25, 0.3) is 106 Å². The van der Waals surface area contributed by atoms with Crippen molar-refractivity contribution in [2.24, 2.45) is 0 Å². The molecule has 0 saturated carbocycles. The van der Waals surface area contributed by atoms with Crippen LogP contribution in [-0.2, 0) is 26.5 Å². The van der Waals surface area contributed by atoms with Crippen molar-refractivity contribution < 1.29 is 44.1 Å². The molecule has 78 heavy (non-hydrogen) atoms. The molecular formula is C72H55N4OPt+. The number of aromatic nitrogens is 4. The van der Waals surface area contributed by atoms with E-state index in [-0.39, 0.29) is 61.8 Å². The Hall–Kier alpha value is -8.89. The number of imidazole rings is 1. The van der Waals surface area contributed by atoms with Crippen LogP contribution in [0.5, 0.6) is 11.5 Å². The number of ether oxygens (including phenoxy) is 1. The summed E-state index contributed by atoms with van der Waals surface area (Å²) < 4.78 is 100. The van der Waals surface area contributed by atoms with E-state index in [2.05, 4.69) is 148 Å². The number of nitrogens with zero attached hydrogens (tertiary/aromatic N) is 4. The molecular weight excluding hydrogens is 1130 g/mol. The Balaban J connectivity index is 0.00000400. The third kappa shape index (κ3) is 9.25. The molecule has 10 aromatic carbocycles. The van der Waals surface area contributed by atoms with Crippen molar-refractivity contribution in [2.75, 3.05) is 0 Å². The first-order valence-electron chi connectivity index (χ1n) is 30.1. The van der Waals surface area contributed by atoms with Crippen LogP contribution in [0.4, 0.5) is 0 Å². The summed E-state index contributed by atoms with van der Waals surface area (Å²) in [6.45, 7) is 8.73. The van der Waals surface area contributed by atoms with Crippen molar-refractivity contribution >= 4 is 32.8 Å². The predicted molar refractivity (Wildman–Crippen MR) is 317 cm³/mol. The minimum absolute atomic E-state index is 0. The second kappa shape index (κ2) is 21.3. The van der Waals surface area contributed by atoms with E-state index >= 15 is 0 Å². The van der Waals surface area contributed by atoms with E-state index in [1.54, 1.807) is 33.4 Å². The average molecular weight is 1200 g/mol. The number of rotatable bonds is 10. The van der Waals surface area contributed by atoms with Crippen LogP contribution in [0, 0.1) is 32.8 Å². The van der Waals surface area contributed by atoms with Crippen LogP contribution in [0.15, 0.2) is 243 Å². The third-order valence-corrected chi connectivity index (χ3v) is 13.9. The molecule has 0 saturated heterocycles. The molecule has 378 valence electrons. The number of aryl methyl sites for hydroxylation is 1. The number of benzene rings is 10. The molecule has 5 nitrogen and oxygen atoms in total.